The molecule has 2 N–H and O–H groups in total. The maximum absolute atomic E-state index is 13.0. The molecule has 1 aromatic rings. The van der Waals surface area contributed by atoms with Crippen LogP contribution in [0.2, 0.25) is 0 Å². The van der Waals surface area contributed by atoms with Crippen LogP contribution in [0.3, 0.4) is 0 Å². The summed E-state index contributed by atoms with van der Waals surface area (Å²) in [6.07, 6.45) is 0.213. The summed E-state index contributed by atoms with van der Waals surface area (Å²) in [5.74, 6) is -1.05. The molecule has 1 saturated heterocycles. The lowest BCUT2D eigenvalue weighted by atomic mass is 10.0. The largest absolute Gasteiger partial charge is 0.480 e. The van der Waals surface area contributed by atoms with Crippen LogP contribution in [-0.2, 0) is 14.8 Å². The third-order valence-corrected chi connectivity index (χ3v) is 6.65. The average molecular weight is 384 g/mol. The summed E-state index contributed by atoms with van der Waals surface area (Å²) < 4.78 is 39.9. The Kier molecular flexibility index (Phi) is 4.43. The molecule has 0 radical (unpaired) electrons. The van der Waals surface area contributed by atoms with Crippen molar-refractivity contribution in [3.63, 3.8) is 0 Å². The van der Waals surface area contributed by atoms with Crippen molar-refractivity contribution in [3.05, 3.63) is 28.5 Å². The van der Waals surface area contributed by atoms with E-state index in [0.29, 0.717) is 5.75 Å². The Morgan fingerprint density at radius 3 is 2.70 bits per heavy atom. The van der Waals surface area contributed by atoms with Crippen molar-refractivity contribution in [2.24, 2.45) is 0 Å². The van der Waals surface area contributed by atoms with Crippen molar-refractivity contribution in [2.45, 2.75) is 16.9 Å². The van der Waals surface area contributed by atoms with Crippen molar-refractivity contribution < 1.29 is 22.7 Å². The van der Waals surface area contributed by atoms with E-state index in [2.05, 4.69) is 20.7 Å². The van der Waals surface area contributed by atoms with Crippen molar-refractivity contribution in [3.8, 4) is 0 Å². The zero-order valence-electron chi connectivity index (χ0n) is 10.1. The van der Waals surface area contributed by atoms with Gasteiger partial charge in [0.05, 0.1) is 4.90 Å². The Morgan fingerprint density at radius 1 is 1.50 bits per heavy atom. The number of thioether (sulfide) groups is 1. The van der Waals surface area contributed by atoms with Gasteiger partial charge in [0.2, 0.25) is 10.0 Å². The van der Waals surface area contributed by atoms with Gasteiger partial charge in [-0.15, -0.1) is 0 Å². The maximum Gasteiger partial charge on any atom is 0.325 e. The van der Waals surface area contributed by atoms with Crippen molar-refractivity contribution in [2.75, 3.05) is 11.5 Å². The predicted octanol–water partition coefficient (Wildman–Crippen LogP) is 1.83. The van der Waals surface area contributed by atoms with E-state index >= 15 is 0 Å². The summed E-state index contributed by atoms with van der Waals surface area (Å²) in [6, 6.07) is 3.13. The van der Waals surface area contributed by atoms with Gasteiger partial charge in [-0.25, -0.2) is 12.8 Å². The molecule has 1 fully saturated rings. The molecule has 0 amide bonds. The van der Waals surface area contributed by atoms with Crippen LogP contribution < -0.4 is 4.72 Å². The lowest BCUT2D eigenvalue weighted by molar-refractivity contribution is -0.142. The van der Waals surface area contributed by atoms with Crippen LogP contribution in [-0.4, -0.2) is 36.5 Å². The zero-order valence-corrected chi connectivity index (χ0v) is 13.3. The number of hydrogen-bond acceptors (Lipinski definition) is 4. The second kappa shape index (κ2) is 5.63. The van der Waals surface area contributed by atoms with Gasteiger partial charge >= 0.3 is 5.97 Å². The summed E-state index contributed by atoms with van der Waals surface area (Å²) in [7, 11) is -4.05. The van der Waals surface area contributed by atoms with Gasteiger partial charge in [-0.05, 0) is 46.3 Å². The van der Waals surface area contributed by atoms with Crippen LogP contribution >= 0.6 is 27.7 Å². The molecule has 0 bridgehead atoms. The summed E-state index contributed by atoms with van der Waals surface area (Å²) >= 11 is 4.35. The van der Waals surface area contributed by atoms with E-state index in [1.54, 1.807) is 0 Å². The first-order valence-electron chi connectivity index (χ1n) is 5.57. The molecule has 0 spiro atoms. The molecule has 1 aromatic carbocycles. The van der Waals surface area contributed by atoms with E-state index in [1.165, 1.54) is 11.8 Å². The highest BCUT2D eigenvalue weighted by Crippen LogP contribution is 2.31. The first kappa shape index (κ1) is 15.7. The predicted molar refractivity (Wildman–Crippen MR) is 76.7 cm³/mol. The van der Waals surface area contributed by atoms with Gasteiger partial charge in [0.1, 0.15) is 11.4 Å². The molecule has 1 aliphatic rings. The number of carboxylic acid groups (broad SMARTS) is 1. The number of carboxylic acids is 1. The molecular formula is C11H11BrFNO4S2. The minimum absolute atomic E-state index is 0.0520. The van der Waals surface area contributed by atoms with Crippen molar-refractivity contribution in [1.29, 1.82) is 0 Å². The van der Waals surface area contributed by atoms with Gasteiger partial charge in [0, 0.05) is 10.2 Å². The van der Waals surface area contributed by atoms with E-state index in [0.717, 1.165) is 18.2 Å². The van der Waals surface area contributed by atoms with Gasteiger partial charge in [0.25, 0.3) is 0 Å². The van der Waals surface area contributed by atoms with E-state index in [-0.39, 0.29) is 21.5 Å². The van der Waals surface area contributed by atoms with Gasteiger partial charge in [-0.1, -0.05) is 0 Å². The van der Waals surface area contributed by atoms with E-state index in [1.807, 2.05) is 0 Å². The standard InChI is InChI=1S/C11H11BrFNO4S2/c12-8-5-7(13)1-2-9(8)20(17,18)14-11(10(15)16)3-4-19-6-11/h1-2,5,14H,3-4,6H2,(H,15,16). The second-order valence-electron chi connectivity index (χ2n) is 4.37. The van der Waals surface area contributed by atoms with Crippen molar-refractivity contribution in [1.82, 2.24) is 4.72 Å². The highest BCUT2D eigenvalue weighted by atomic mass is 79.9. The number of nitrogens with one attached hydrogen (secondary N) is 1. The highest BCUT2D eigenvalue weighted by molar-refractivity contribution is 9.10. The Morgan fingerprint density at radius 2 is 2.20 bits per heavy atom. The smallest absolute Gasteiger partial charge is 0.325 e. The Balaban J connectivity index is 2.38. The van der Waals surface area contributed by atoms with Crippen LogP contribution in [0.1, 0.15) is 6.42 Å². The van der Waals surface area contributed by atoms with Crippen molar-refractivity contribution >= 4 is 43.7 Å². The number of hydrogen-bond donors (Lipinski definition) is 2. The van der Waals surface area contributed by atoms with Crippen LogP contribution in [0.25, 0.3) is 0 Å². The quantitative estimate of drug-likeness (QED) is 0.828. The fraction of sp³-hybridized carbons (Fsp3) is 0.364. The molecule has 1 aliphatic heterocycles. The summed E-state index contributed by atoms with van der Waals surface area (Å²) in [5, 5.41) is 9.28. The zero-order chi connectivity index (χ0) is 15.0. The minimum Gasteiger partial charge on any atom is -0.480 e. The Hall–Kier alpha value is -0.640. The van der Waals surface area contributed by atoms with Crippen LogP contribution in [0.5, 0.6) is 0 Å². The molecule has 1 unspecified atom stereocenters. The number of halogens is 2. The molecular weight excluding hydrogens is 373 g/mol. The third kappa shape index (κ3) is 3.00. The molecule has 1 atom stereocenters. The molecule has 5 nitrogen and oxygen atoms in total. The Bertz CT molecular complexity index is 644. The van der Waals surface area contributed by atoms with Crippen LogP contribution in [0.15, 0.2) is 27.6 Å². The lowest BCUT2D eigenvalue weighted by Crippen LogP contribution is -2.54. The van der Waals surface area contributed by atoms with Crippen LogP contribution in [0, 0.1) is 5.82 Å². The fourth-order valence-electron chi connectivity index (χ4n) is 1.86. The van der Waals surface area contributed by atoms with Gasteiger partial charge < -0.3 is 5.11 Å². The second-order valence-corrected chi connectivity index (χ2v) is 7.98. The number of carbonyl (C=O) groups is 1. The molecule has 0 saturated carbocycles. The van der Waals surface area contributed by atoms with Crippen LogP contribution in [0.4, 0.5) is 4.39 Å². The summed E-state index contributed by atoms with van der Waals surface area (Å²) in [4.78, 5) is 11.2. The molecule has 1 heterocycles. The molecule has 20 heavy (non-hydrogen) atoms. The number of aliphatic carboxylic acids is 1. The topological polar surface area (TPSA) is 83.5 Å². The maximum atomic E-state index is 13.0. The average Bonchev–Trinajstić information content (AvgIpc) is 2.77. The molecule has 9 heteroatoms. The fourth-order valence-corrected chi connectivity index (χ4v) is 5.72. The lowest BCUT2D eigenvalue weighted by Gasteiger charge is -2.24. The number of sulfonamides is 1. The minimum atomic E-state index is -4.05. The van der Waals surface area contributed by atoms with Gasteiger partial charge in [0.15, 0.2) is 0 Å². The van der Waals surface area contributed by atoms with E-state index in [9.17, 15) is 22.7 Å². The van der Waals surface area contributed by atoms with Gasteiger partial charge in [-0.2, -0.15) is 16.5 Å². The Labute approximate surface area is 128 Å². The van der Waals surface area contributed by atoms with E-state index < -0.39 is 27.3 Å². The molecule has 110 valence electrons. The SMILES string of the molecule is O=C(O)C1(NS(=O)(=O)c2ccc(F)cc2Br)CCSC1. The monoisotopic (exact) mass is 383 g/mol. The summed E-state index contributed by atoms with van der Waals surface area (Å²) in [5.41, 5.74) is -1.50. The number of benzene rings is 1. The molecule has 0 aliphatic carbocycles. The highest BCUT2D eigenvalue weighted by Gasteiger charge is 2.45. The first-order chi connectivity index (χ1) is 9.27. The first-order valence-corrected chi connectivity index (χ1v) is 9.00. The molecule has 0 aromatic heterocycles. The van der Waals surface area contributed by atoms with Gasteiger partial charge in [-0.3, -0.25) is 4.79 Å². The van der Waals surface area contributed by atoms with E-state index in [4.69, 9.17) is 0 Å². The summed E-state index contributed by atoms with van der Waals surface area (Å²) in [6.45, 7) is 0. The normalized spacial score (nSPS) is 22.9. The third-order valence-electron chi connectivity index (χ3n) is 2.94. The number of rotatable bonds is 4. The molecule has 2 rings (SSSR count).